The topological polar surface area (TPSA) is 49.6 Å². The van der Waals surface area contributed by atoms with Gasteiger partial charge in [-0.2, -0.15) is 0 Å². The first kappa shape index (κ1) is 19.3. The zero-order valence-electron chi connectivity index (χ0n) is 15.2. The Morgan fingerprint density at radius 3 is 2.50 bits per heavy atom. The highest BCUT2D eigenvalue weighted by Crippen LogP contribution is 2.20. The molecule has 2 aromatic rings. The fourth-order valence-corrected chi connectivity index (χ4v) is 4.24. The maximum absolute atomic E-state index is 12.4. The molecule has 26 heavy (non-hydrogen) atoms. The van der Waals surface area contributed by atoms with E-state index in [9.17, 15) is 4.79 Å². The molecular weight excluding hydrogens is 370 g/mol. The summed E-state index contributed by atoms with van der Waals surface area (Å²) in [6, 6.07) is 7.97. The van der Waals surface area contributed by atoms with Crippen LogP contribution < -0.4 is 0 Å². The monoisotopic (exact) mass is 393 g/mol. The van der Waals surface area contributed by atoms with Gasteiger partial charge in [0.05, 0.1) is 11.4 Å². The van der Waals surface area contributed by atoms with Crippen molar-refractivity contribution in [2.75, 3.05) is 31.9 Å². The lowest BCUT2D eigenvalue weighted by molar-refractivity contribution is -0.130. The molecule has 0 spiro atoms. The van der Waals surface area contributed by atoms with Crippen LogP contribution in [0.4, 0.5) is 0 Å². The number of halogens is 1. The largest absolute Gasteiger partial charge is 0.361 e. The molecule has 3 rings (SSSR count). The highest BCUT2D eigenvalue weighted by molar-refractivity contribution is 7.99. The van der Waals surface area contributed by atoms with Crippen molar-refractivity contribution >= 4 is 29.3 Å². The lowest BCUT2D eigenvalue weighted by Gasteiger charge is -2.34. The lowest BCUT2D eigenvalue weighted by atomic mass is 10.2. The van der Waals surface area contributed by atoms with Gasteiger partial charge in [0.15, 0.2) is 0 Å². The van der Waals surface area contributed by atoms with Gasteiger partial charge in [-0.3, -0.25) is 9.69 Å². The van der Waals surface area contributed by atoms with E-state index in [0.717, 1.165) is 60.5 Å². The molecule has 0 N–H and O–H groups in total. The van der Waals surface area contributed by atoms with Crippen LogP contribution in [0, 0.1) is 13.8 Å². The third-order valence-electron chi connectivity index (χ3n) is 4.70. The summed E-state index contributed by atoms with van der Waals surface area (Å²) in [4.78, 5) is 16.8. The van der Waals surface area contributed by atoms with Crippen LogP contribution in [-0.2, 0) is 17.1 Å². The average Bonchev–Trinajstić information content (AvgIpc) is 2.96. The second-order valence-corrected chi connectivity index (χ2v) is 8.00. The molecular formula is C19H24ClN3O2S. The molecule has 0 saturated carbocycles. The van der Waals surface area contributed by atoms with Crippen molar-refractivity contribution in [3.05, 3.63) is 51.9 Å². The first-order chi connectivity index (χ1) is 12.5. The summed E-state index contributed by atoms with van der Waals surface area (Å²) < 4.78 is 5.16. The number of hydrogen-bond donors (Lipinski definition) is 0. The van der Waals surface area contributed by atoms with Gasteiger partial charge in [-0.1, -0.05) is 28.9 Å². The van der Waals surface area contributed by atoms with Crippen molar-refractivity contribution in [1.82, 2.24) is 15.0 Å². The van der Waals surface area contributed by atoms with Gasteiger partial charge >= 0.3 is 0 Å². The molecule has 1 aliphatic heterocycles. The second-order valence-electron chi connectivity index (χ2n) is 6.58. The van der Waals surface area contributed by atoms with E-state index in [0.29, 0.717) is 5.75 Å². The second kappa shape index (κ2) is 8.93. The predicted octanol–water partition coefficient (Wildman–Crippen LogP) is 3.52. The minimum Gasteiger partial charge on any atom is -0.361 e. The van der Waals surface area contributed by atoms with E-state index in [4.69, 9.17) is 16.1 Å². The minimum absolute atomic E-state index is 0.216. The van der Waals surface area contributed by atoms with Crippen molar-refractivity contribution < 1.29 is 9.32 Å². The molecule has 0 radical (unpaired) electrons. The van der Waals surface area contributed by atoms with Crippen molar-refractivity contribution in [2.45, 2.75) is 26.1 Å². The van der Waals surface area contributed by atoms with Crippen molar-refractivity contribution in [1.29, 1.82) is 0 Å². The molecule has 0 unspecified atom stereocenters. The normalized spacial score (nSPS) is 15.4. The van der Waals surface area contributed by atoms with E-state index in [2.05, 4.69) is 22.2 Å². The van der Waals surface area contributed by atoms with E-state index in [1.165, 1.54) is 5.56 Å². The molecule has 7 heteroatoms. The molecule has 1 aromatic carbocycles. The average molecular weight is 394 g/mol. The van der Waals surface area contributed by atoms with Crippen LogP contribution >= 0.6 is 23.4 Å². The summed E-state index contributed by atoms with van der Waals surface area (Å²) in [6.45, 7) is 8.15. The van der Waals surface area contributed by atoms with Crippen LogP contribution in [0.5, 0.6) is 0 Å². The van der Waals surface area contributed by atoms with Crippen molar-refractivity contribution in [3.63, 3.8) is 0 Å². The fourth-order valence-electron chi connectivity index (χ4n) is 3.04. The summed E-state index contributed by atoms with van der Waals surface area (Å²) in [6.07, 6.45) is 0. The molecule has 0 bridgehead atoms. The van der Waals surface area contributed by atoms with Gasteiger partial charge in [0.25, 0.3) is 0 Å². The highest BCUT2D eigenvalue weighted by atomic mass is 35.5. The van der Waals surface area contributed by atoms with Gasteiger partial charge in [0, 0.05) is 49.1 Å². The number of piperazine rings is 1. The van der Waals surface area contributed by atoms with Crippen LogP contribution in [0.3, 0.4) is 0 Å². The number of nitrogens with zero attached hydrogens (tertiary/aromatic N) is 3. The number of carbonyl (C=O) groups is 1. The Morgan fingerprint density at radius 1 is 1.19 bits per heavy atom. The Bertz CT molecular complexity index is 720. The zero-order valence-corrected chi connectivity index (χ0v) is 16.8. The van der Waals surface area contributed by atoms with Gasteiger partial charge in [0.1, 0.15) is 5.76 Å². The number of aromatic nitrogens is 1. The predicted molar refractivity (Wildman–Crippen MR) is 105 cm³/mol. The minimum atomic E-state index is 0.216. The molecule has 140 valence electrons. The number of rotatable bonds is 6. The number of carbonyl (C=O) groups excluding carboxylic acids is 1. The van der Waals surface area contributed by atoms with Gasteiger partial charge in [0.2, 0.25) is 5.91 Å². The van der Waals surface area contributed by atoms with E-state index in [1.54, 1.807) is 11.8 Å². The van der Waals surface area contributed by atoms with E-state index < -0.39 is 0 Å². The summed E-state index contributed by atoms with van der Waals surface area (Å²) in [5.74, 6) is 2.33. The number of benzene rings is 1. The van der Waals surface area contributed by atoms with E-state index in [1.807, 2.05) is 30.9 Å². The van der Waals surface area contributed by atoms with Crippen molar-refractivity contribution in [2.24, 2.45) is 0 Å². The maximum atomic E-state index is 12.4. The Balaban J connectivity index is 1.40. The van der Waals surface area contributed by atoms with Crippen LogP contribution in [0.1, 0.15) is 22.6 Å². The standard InChI is InChI=1S/C19H24ClN3O2S/c1-14-18(15(2)25-21-14)12-26-13-19(24)23-9-7-22(8-10-23)11-16-3-5-17(20)6-4-16/h3-6H,7-13H2,1-2H3. The summed E-state index contributed by atoms with van der Waals surface area (Å²) >= 11 is 7.56. The van der Waals surface area contributed by atoms with Crippen LogP contribution in [0.15, 0.2) is 28.8 Å². The van der Waals surface area contributed by atoms with E-state index in [-0.39, 0.29) is 5.91 Å². The van der Waals surface area contributed by atoms with Crippen molar-refractivity contribution in [3.8, 4) is 0 Å². The zero-order chi connectivity index (χ0) is 18.5. The SMILES string of the molecule is Cc1noc(C)c1CSCC(=O)N1CCN(Cc2ccc(Cl)cc2)CC1. The van der Waals surface area contributed by atoms with Crippen LogP contribution in [-0.4, -0.2) is 52.8 Å². The van der Waals surface area contributed by atoms with Gasteiger partial charge in [-0.05, 0) is 31.5 Å². The molecule has 1 fully saturated rings. The molecule has 1 aliphatic rings. The van der Waals surface area contributed by atoms with Gasteiger partial charge < -0.3 is 9.42 Å². The number of aryl methyl sites for hydroxylation is 2. The third kappa shape index (κ3) is 5.02. The lowest BCUT2D eigenvalue weighted by Crippen LogP contribution is -2.48. The number of hydrogen-bond acceptors (Lipinski definition) is 5. The third-order valence-corrected chi connectivity index (χ3v) is 5.89. The first-order valence-electron chi connectivity index (χ1n) is 8.77. The summed E-state index contributed by atoms with van der Waals surface area (Å²) in [5, 5.41) is 4.72. The molecule has 0 atom stereocenters. The molecule has 1 aromatic heterocycles. The quantitative estimate of drug-likeness (QED) is 0.751. The Labute approximate surface area is 163 Å². The Hall–Kier alpha value is -1.50. The summed E-state index contributed by atoms with van der Waals surface area (Å²) in [7, 11) is 0. The Kier molecular flexibility index (Phi) is 6.62. The fraction of sp³-hybridized carbons (Fsp3) is 0.474. The first-order valence-corrected chi connectivity index (χ1v) is 10.3. The number of amides is 1. The van der Waals surface area contributed by atoms with Gasteiger partial charge in [-0.25, -0.2) is 0 Å². The smallest absolute Gasteiger partial charge is 0.232 e. The Morgan fingerprint density at radius 2 is 1.88 bits per heavy atom. The molecule has 1 saturated heterocycles. The molecule has 5 nitrogen and oxygen atoms in total. The maximum Gasteiger partial charge on any atom is 0.232 e. The molecule has 0 aliphatic carbocycles. The molecule has 2 heterocycles. The van der Waals surface area contributed by atoms with Crippen LogP contribution in [0.2, 0.25) is 5.02 Å². The van der Waals surface area contributed by atoms with E-state index >= 15 is 0 Å². The molecule has 1 amide bonds. The van der Waals surface area contributed by atoms with Gasteiger partial charge in [-0.15, -0.1) is 11.8 Å². The van der Waals surface area contributed by atoms with Crippen LogP contribution in [0.25, 0.3) is 0 Å². The highest BCUT2D eigenvalue weighted by Gasteiger charge is 2.21. The number of thioether (sulfide) groups is 1. The summed E-state index contributed by atoms with van der Waals surface area (Å²) in [5.41, 5.74) is 3.28.